The van der Waals surface area contributed by atoms with Crippen molar-refractivity contribution in [3.05, 3.63) is 235 Å². The van der Waals surface area contributed by atoms with Gasteiger partial charge in [0.15, 0.2) is 0 Å². The number of anilines is 3. The van der Waals surface area contributed by atoms with Gasteiger partial charge in [-0.15, -0.1) is 0 Å². The fraction of sp³-hybridized carbons (Fsp3) is 0.0364. The average Bonchev–Trinajstić information content (AvgIpc) is 3.73. The topological polar surface area (TPSA) is 52.8 Å². The molecular weight excluding hydrogens is 733 g/mol. The first-order chi connectivity index (χ1) is 29.7. The molecule has 1 aliphatic heterocycles. The molecule has 5 heteroatoms. The Balaban J connectivity index is 1.04. The molecule has 10 aromatic rings. The molecule has 2 unspecified atom stereocenters. The van der Waals surface area contributed by atoms with Gasteiger partial charge in [0.05, 0.1) is 11.1 Å². The Morgan fingerprint density at radius 1 is 0.450 bits per heavy atom. The quantitative estimate of drug-likeness (QED) is 0.161. The van der Waals surface area contributed by atoms with Crippen LogP contribution in [0.5, 0.6) is 0 Å². The maximum atomic E-state index is 7.01. The molecule has 0 saturated heterocycles. The van der Waals surface area contributed by atoms with E-state index >= 15 is 0 Å². The molecule has 11 rings (SSSR count). The average molecular weight is 773 g/mol. The third-order valence-electron chi connectivity index (χ3n) is 11.5. The van der Waals surface area contributed by atoms with Crippen LogP contribution in [0.4, 0.5) is 17.1 Å². The van der Waals surface area contributed by atoms with E-state index in [1.165, 1.54) is 16.7 Å². The number of hydrogen-bond acceptors (Lipinski definition) is 5. The minimum Gasteiger partial charge on any atom is -0.455 e. The van der Waals surface area contributed by atoms with Crippen LogP contribution in [0.2, 0.25) is 0 Å². The van der Waals surface area contributed by atoms with Gasteiger partial charge in [0.25, 0.3) is 0 Å². The van der Waals surface area contributed by atoms with Crippen molar-refractivity contribution in [3.63, 3.8) is 0 Å². The normalized spacial score (nSPS) is 15.2. The SMILES string of the molecule is c1ccc(C2=NC(c3cccc(-c4ccccc4)c3)NC(c3ccc4c(c3)oc3c5ccccc5cc(N(c5ccccc5)c5ccc(-c6ccccc6)cc5)c43)N2)cc1. The van der Waals surface area contributed by atoms with Crippen LogP contribution >= 0.6 is 0 Å². The van der Waals surface area contributed by atoms with Crippen LogP contribution in [0.1, 0.15) is 29.0 Å². The number of amidine groups is 1. The Bertz CT molecular complexity index is 3140. The van der Waals surface area contributed by atoms with Crippen LogP contribution in [-0.2, 0) is 0 Å². The lowest BCUT2D eigenvalue weighted by Gasteiger charge is -2.32. The Morgan fingerprint density at radius 3 is 1.78 bits per heavy atom. The molecule has 0 bridgehead atoms. The number of benzene rings is 9. The summed E-state index contributed by atoms with van der Waals surface area (Å²) in [6, 6.07) is 77.0. The molecule has 1 aromatic heterocycles. The lowest BCUT2D eigenvalue weighted by molar-refractivity contribution is 0.409. The van der Waals surface area contributed by atoms with E-state index in [4.69, 9.17) is 9.41 Å². The second kappa shape index (κ2) is 15.2. The Morgan fingerprint density at radius 2 is 1.05 bits per heavy atom. The number of furan rings is 1. The molecule has 2 N–H and O–H groups in total. The van der Waals surface area contributed by atoms with E-state index in [0.717, 1.165) is 77.9 Å². The van der Waals surface area contributed by atoms with Crippen LogP contribution in [0.3, 0.4) is 0 Å². The lowest BCUT2D eigenvalue weighted by Crippen LogP contribution is -2.44. The number of para-hydroxylation sites is 1. The molecule has 0 spiro atoms. The third-order valence-corrected chi connectivity index (χ3v) is 11.5. The van der Waals surface area contributed by atoms with Crippen molar-refractivity contribution in [3.8, 4) is 22.3 Å². The van der Waals surface area contributed by atoms with E-state index in [1.54, 1.807) is 0 Å². The predicted octanol–water partition coefficient (Wildman–Crippen LogP) is 13.9. The van der Waals surface area contributed by atoms with E-state index in [-0.39, 0.29) is 12.3 Å². The minimum atomic E-state index is -0.287. The first-order valence-corrected chi connectivity index (χ1v) is 20.4. The molecule has 2 heterocycles. The first-order valence-electron chi connectivity index (χ1n) is 20.4. The van der Waals surface area contributed by atoms with Crippen molar-refractivity contribution in [2.75, 3.05) is 4.90 Å². The van der Waals surface area contributed by atoms with Crippen molar-refractivity contribution in [2.24, 2.45) is 4.99 Å². The smallest absolute Gasteiger partial charge is 0.145 e. The van der Waals surface area contributed by atoms with E-state index in [2.05, 4.69) is 228 Å². The molecule has 1 aliphatic rings. The molecule has 60 heavy (non-hydrogen) atoms. The summed E-state index contributed by atoms with van der Waals surface area (Å²) >= 11 is 0. The number of aliphatic imine (C=N–C) groups is 1. The fourth-order valence-electron chi connectivity index (χ4n) is 8.56. The standard InChI is InChI=1S/C55H40N4O/c1-5-16-37(17-6-1)39-28-31-46(32-29-39)59(45-25-11-4-12-26-45)49-35-42-22-13-14-27-47(42)52-51(49)48-33-30-44(36-50(48)60-52)55-57-53(40-20-9-3-10-21-40)56-54(58-55)43-24-15-23-41(34-43)38-18-7-2-8-19-38/h1-36,54-55,58H,(H,56,57). The summed E-state index contributed by atoms with van der Waals surface area (Å²) in [4.78, 5) is 7.60. The van der Waals surface area contributed by atoms with Gasteiger partial charge >= 0.3 is 0 Å². The summed E-state index contributed by atoms with van der Waals surface area (Å²) in [5.74, 6) is 0.837. The summed E-state index contributed by atoms with van der Waals surface area (Å²) in [7, 11) is 0. The second-order valence-corrected chi connectivity index (χ2v) is 15.2. The maximum absolute atomic E-state index is 7.01. The third kappa shape index (κ3) is 6.57. The summed E-state index contributed by atoms with van der Waals surface area (Å²) in [6.45, 7) is 0. The van der Waals surface area contributed by atoms with Gasteiger partial charge in [-0.3, -0.25) is 5.32 Å². The molecule has 0 fully saturated rings. The highest BCUT2D eigenvalue weighted by Crippen LogP contribution is 2.46. The van der Waals surface area contributed by atoms with Crippen LogP contribution in [0, 0.1) is 0 Å². The summed E-state index contributed by atoms with van der Waals surface area (Å²) in [5, 5.41) is 11.9. The highest BCUT2D eigenvalue weighted by molar-refractivity contribution is 6.22. The first kappa shape index (κ1) is 35.4. The second-order valence-electron chi connectivity index (χ2n) is 15.2. The number of hydrogen-bond donors (Lipinski definition) is 2. The van der Waals surface area contributed by atoms with Gasteiger partial charge in [0, 0.05) is 27.7 Å². The zero-order chi connectivity index (χ0) is 39.8. The summed E-state index contributed by atoms with van der Waals surface area (Å²) in [6.07, 6.45) is -0.536. The highest BCUT2D eigenvalue weighted by atomic mass is 16.3. The highest BCUT2D eigenvalue weighted by Gasteiger charge is 2.28. The number of rotatable bonds is 8. The zero-order valence-electron chi connectivity index (χ0n) is 32.7. The van der Waals surface area contributed by atoms with Crippen molar-refractivity contribution in [1.29, 1.82) is 0 Å². The van der Waals surface area contributed by atoms with Crippen LogP contribution in [0.15, 0.2) is 228 Å². The van der Waals surface area contributed by atoms with Crippen molar-refractivity contribution < 1.29 is 4.42 Å². The summed E-state index contributed by atoms with van der Waals surface area (Å²) in [5.41, 5.74) is 12.8. The number of nitrogens with zero attached hydrogens (tertiary/aromatic N) is 2. The van der Waals surface area contributed by atoms with Crippen LogP contribution in [0.25, 0.3) is 55.0 Å². The van der Waals surface area contributed by atoms with Gasteiger partial charge in [-0.05, 0) is 81.2 Å². The Kier molecular flexibility index (Phi) is 8.99. The Labute approximate surface area is 348 Å². The fourth-order valence-corrected chi connectivity index (χ4v) is 8.56. The molecule has 286 valence electrons. The van der Waals surface area contributed by atoms with Gasteiger partial charge in [0.2, 0.25) is 0 Å². The summed E-state index contributed by atoms with van der Waals surface area (Å²) < 4.78 is 7.01. The van der Waals surface area contributed by atoms with E-state index in [1.807, 2.05) is 6.07 Å². The van der Waals surface area contributed by atoms with Crippen molar-refractivity contribution in [1.82, 2.24) is 10.6 Å². The molecular formula is C55H40N4O. The molecule has 0 amide bonds. The molecule has 5 nitrogen and oxygen atoms in total. The van der Waals surface area contributed by atoms with Gasteiger partial charge in [-0.1, -0.05) is 176 Å². The Hall–Kier alpha value is -7.73. The van der Waals surface area contributed by atoms with Crippen molar-refractivity contribution >= 4 is 55.6 Å². The van der Waals surface area contributed by atoms with Gasteiger partial charge in [-0.25, -0.2) is 4.99 Å². The van der Waals surface area contributed by atoms with Crippen LogP contribution in [-0.4, -0.2) is 5.84 Å². The molecule has 9 aromatic carbocycles. The number of nitrogens with one attached hydrogen (secondary N) is 2. The maximum Gasteiger partial charge on any atom is 0.145 e. The monoisotopic (exact) mass is 772 g/mol. The minimum absolute atomic E-state index is 0.249. The van der Waals surface area contributed by atoms with Gasteiger partial charge in [-0.2, -0.15) is 0 Å². The zero-order valence-corrected chi connectivity index (χ0v) is 32.7. The molecule has 0 radical (unpaired) electrons. The lowest BCUT2D eigenvalue weighted by atomic mass is 9.99. The molecule has 0 saturated carbocycles. The van der Waals surface area contributed by atoms with E-state index in [9.17, 15) is 0 Å². The molecule has 2 atom stereocenters. The van der Waals surface area contributed by atoms with Gasteiger partial charge < -0.3 is 14.6 Å². The number of fused-ring (bicyclic) bond motifs is 5. The largest absolute Gasteiger partial charge is 0.455 e. The van der Waals surface area contributed by atoms with Gasteiger partial charge in [0.1, 0.15) is 29.3 Å². The van der Waals surface area contributed by atoms with E-state index < -0.39 is 0 Å². The van der Waals surface area contributed by atoms with E-state index in [0.29, 0.717) is 0 Å². The van der Waals surface area contributed by atoms with Crippen LogP contribution < -0.4 is 15.5 Å². The molecule has 0 aliphatic carbocycles. The predicted molar refractivity (Wildman–Crippen MR) is 248 cm³/mol. The van der Waals surface area contributed by atoms with Crippen molar-refractivity contribution in [2.45, 2.75) is 12.3 Å².